The highest BCUT2D eigenvalue weighted by molar-refractivity contribution is 7.91. The van der Waals surface area contributed by atoms with E-state index in [1.54, 1.807) is 0 Å². The molecule has 0 saturated heterocycles. The van der Waals surface area contributed by atoms with Crippen molar-refractivity contribution in [1.29, 1.82) is 0 Å². The third kappa shape index (κ3) is 5.02. The van der Waals surface area contributed by atoms with E-state index in [1.165, 1.54) is 19.2 Å². The zero-order valence-electron chi connectivity index (χ0n) is 12.2. The van der Waals surface area contributed by atoms with E-state index in [4.69, 9.17) is 14.6 Å². The highest BCUT2D eigenvalue weighted by Crippen LogP contribution is 2.26. The Morgan fingerprint density at radius 1 is 1.29 bits per heavy atom. The van der Waals surface area contributed by atoms with E-state index < -0.39 is 15.8 Å². The SMILES string of the molecule is CCCCOCCS(=O)(=O)c1cc(C(=O)O)ccc1OC. The standard InChI is InChI=1S/C14H20O6S/c1-3-4-7-20-8-9-21(17,18)13-10-11(14(15)16)5-6-12(13)19-2/h5-6,10H,3-4,7-9H2,1-2H3,(H,15,16). The number of hydrogen-bond acceptors (Lipinski definition) is 5. The largest absolute Gasteiger partial charge is 0.495 e. The van der Waals surface area contributed by atoms with Gasteiger partial charge in [0.1, 0.15) is 10.6 Å². The summed E-state index contributed by atoms with van der Waals surface area (Å²) < 4.78 is 34.8. The van der Waals surface area contributed by atoms with E-state index >= 15 is 0 Å². The summed E-state index contributed by atoms with van der Waals surface area (Å²) in [6, 6.07) is 3.76. The number of rotatable bonds is 9. The number of carboxylic acids is 1. The average molecular weight is 316 g/mol. The van der Waals surface area contributed by atoms with E-state index in [0.717, 1.165) is 18.9 Å². The van der Waals surface area contributed by atoms with Gasteiger partial charge in [0, 0.05) is 6.61 Å². The van der Waals surface area contributed by atoms with Gasteiger partial charge in [0.05, 0.1) is 25.0 Å². The van der Waals surface area contributed by atoms with Crippen LogP contribution in [0.25, 0.3) is 0 Å². The minimum absolute atomic E-state index is 0.0722. The Labute approximate surface area is 124 Å². The summed E-state index contributed by atoms with van der Waals surface area (Å²) in [5.41, 5.74) is -0.0960. The Balaban J connectivity index is 2.90. The summed E-state index contributed by atoms with van der Waals surface area (Å²) in [5.74, 6) is -1.27. The quantitative estimate of drug-likeness (QED) is 0.701. The average Bonchev–Trinajstić information content (AvgIpc) is 2.46. The Morgan fingerprint density at radius 3 is 2.57 bits per heavy atom. The number of carbonyl (C=O) groups is 1. The van der Waals surface area contributed by atoms with Gasteiger partial charge in [0.25, 0.3) is 0 Å². The Morgan fingerprint density at radius 2 is 2.00 bits per heavy atom. The topological polar surface area (TPSA) is 89.9 Å². The molecule has 0 fully saturated rings. The number of ether oxygens (including phenoxy) is 2. The maximum absolute atomic E-state index is 12.3. The molecule has 21 heavy (non-hydrogen) atoms. The molecule has 0 bridgehead atoms. The van der Waals surface area contributed by atoms with Crippen LogP contribution in [0.1, 0.15) is 30.1 Å². The maximum Gasteiger partial charge on any atom is 0.335 e. The molecule has 0 aliphatic heterocycles. The van der Waals surface area contributed by atoms with Gasteiger partial charge in [-0.05, 0) is 24.6 Å². The predicted octanol–water partition coefficient (Wildman–Crippen LogP) is 1.98. The van der Waals surface area contributed by atoms with Gasteiger partial charge in [-0.15, -0.1) is 0 Å². The third-order valence-corrected chi connectivity index (χ3v) is 4.58. The van der Waals surface area contributed by atoms with Gasteiger partial charge in [-0.25, -0.2) is 13.2 Å². The molecule has 0 aliphatic rings. The van der Waals surface area contributed by atoms with Crippen LogP contribution in [0.5, 0.6) is 5.75 Å². The second-order valence-electron chi connectivity index (χ2n) is 4.46. The van der Waals surface area contributed by atoms with E-state index in [0.29, 0.717) is 6.61 Å². The molecule has 0 spiro atoms. The summed E-state index contributed by atoms with van der Waals surface area (Å²) >= 11 is 0. The smallest absolute Gasteiger partial charge is 0.335 e. The summed E-state index contributed by atoms with van der Waals surface area (Å²) in [6.45, 7) is 2.60. The van der Waals surface area contributed by atoms with E-state index in [2.05, 4.69) is 0 Å². The van der Waals surface area contributed by atoms with Crippen molar-refractivity contribution >= 4 is 15.8 Å². The Kier molecular flexibility index (Phi) is 6.64. The minimum Gasteiger partial charge on any atom is -0.495 e. The van der Waals surface area contributed by atoms with Crippen molar-refractivity contribution in [3.8, 4) is 5.75 Å². The predicted molar refractivity (Wildman–Crippen MR) is 77.7 cm³/mol. The van der Waals surface area contributed by atoms with E-state index in [9.17, 15) is 13.2 Å². The van der Waals surface area contributed by atoms with Crippen molar-refractivity contribution in [2.45, 2.75) is 24.7 Å². The fourth-order valence-corrected chi connectivity index (χ4v) is 3.00. The first-order valence-corrected chi connectivity index (χ1v) is 8.29. The molecule has 0 radical (unpaired) electrons. The number of benzene rings is 1. The molecule has 118 valence electrons. The van der Waals surface area contributed by atoms with Crippen LogP contribution in [0, 0.1) is 0 Å². The molecule has 0 aromatic heterocycles. The normalized spacial score (nSPS) is 11.3. The lowest BCUT2D eigenvalue weighted by Gasteiger charge is -2.10. The lowest BCUT2D eigenvalue weighted by Crippen LogP contribution is -2.14. The minimum atomic E-state index is -3.66. The van der Waals surface area contributed by atoms with Crippen molar-refractivity contribution in [2.24, 2.45) is 0 Å². The first-order chi connectivity index (χ1) is 9.92. The van der Waals surface area contributed by atoms with E-state index in [1.807, 2.05) is 6.92 Å². The zero-order chi connectivity index (χ0) is 15.9. The molecule has 0 aliphatic carbocycles. The van der Waals surface area contributed by atoms with Crippen LogP contribution >= 0.6 is 0 Å². The number of carboxylic acid groups (broad SMARTS) is 1. The van der Waals surface area contributed by atoms with Crippen LogP contribution in [0.2, 0.25) is 0 Å². The van der Waals surface area contributed by atoms with Crippen molar-refractivity contribution < 1.29 is 27.8 Å². The second-order valence-corrected chi connectivity index (χ2v) is 6.53. The van der Waals surface area contributed by atoms with E-state index in [-0.39, 0.29) is 28.6 Å². The van der Waals surface area contributed by atoms with Gasteiger partial charge in [0.2, 0.25) is 0 Å². The van der Waals surface area contributed by atoms with Crippen molar-refractivity contribution in [2.75, 3.05) is 26.1 Å². The van der Waals surface area contributed by atoms with Crippen LogP contribution in [-0.2, 0) is 14.6 Å². The molecule has 1 rings (SSSR count). The monoisotopic (exact) mass is 316 g/mol. The molecular formula is C14H20O6S. The number of sulfone groups is 1. The molecule has 0 heterocycles. The van der Waals surface area contributed by atoms with Crippen LogP contribution in [0.3, 0.4) is 0 Å². The number of methoxy groups -OCH3 is 1. The van der Waals surface area contributed by atoms with Gasteiger partial charge in [-0.3, -0.25) is 0 Å². The second kappa shape index (κ2) is 7.99. The summed E-state index contributed by atoms with van der Waals surface area (Å²) in [6.07, 6.45) is 1.85. The van der Waals surface area contributed by atoms with Gasteiger partial charge >= 0.3 is 5.97 Å². The van der Waals surface area contributed by atoms with Gasteiger partial charge < -0.3 is 14.6 Å². The molecule has 0 amide bonds. The molecule has 0 atom stereocenters. The highest BCUT2D eigenvalue weighted by atomic mass is 32.2. The first kappa shape index (κ1) is 17.5. The van der Waals surface area contributed by atoms with Crippen molar-refractivity contribution in [3.05, 3.63) is 23.8 Å². The summed E-state index contributed by atoms with van der Waals surface area (Å²) in [5, 5.41) is 8.95. The van der Waals surface area contributed by atoms with Crippen molar-refractivity contribution in [1.82, 2.24) is 0 Å². The Hall–Kier alpha value is -1.60. The Bertz CT molecular complexity index is 579. The number of aromatic carboxylic acids is 1. The number of unbranched alkanes of at least 4 members (excludes halogenated alkanes) is 1. The van der Waals surface area contributed by atoms with Crippen LogP contribution in [-0.4, -0.2) is 45.6 Å². The molecule has 6 nitrogen and oxygen atoms in total. The lowest BCUT2D eigenvalue weighted by molar-refractivity contribution is 0.0696. The lowest BCUT2D eigenvalue weighted by atomic mass is 10.2. The van der Waals surface area contributed by atoms with Crippen LogP contribution < -0.4 is 4.74 Å². The molecule has 1 N–H and O–H groups in total. The molecule has 1 aromatic carbocycles. The van der Waals surface area contributed by atoms with Gasteiger partial charge in [0.15, 0.2) is 9.84 Å². The zero-order valence-corrected chi connectivity index (χ0v) is 13.0. The maximum atomic E-state index is 12.3. The molecule has 0 saturated carbocycles. The molecule has 0 unspecified atom stereocenters. The van der Waals surface area contributed by atoms with Gasteiger partial charge in [-0.2, -0.15) is 0 Å². The van der Waals surface area contributed by atoms with Crippen LogP contribution in [0.4, 0.5) is 0 Å². The van der Waals surface area contributed by atoms with Gasteiger partial charge in [-0.1, -0.05) is 13.3 Å². The highest BCUT2D eigenvalue weighted by Gasteiger charge is 2.21. The molecule has 1 aromatic rings. The molecular weight excluding hydrogens is 296 g/mol. The fourth-order valence-electron chi connectivity index (χ4n) is 1.68. The first-order valence-electron chi connectivity index (χ1n) is 6.64. The van der Waals surface area contributed by atoms with Crippen LogP contribution in [0.15, 0.2) is 23.1 Å². The van der Waals surface area contributed by atoms with Crippen molar-refractivity contribution in [3.63, 3.8) is 0 Å². The third-order valence-electron chi connectivity index (χ3n) is 2.88. The molecule has 7 heteroatoms. The summed E-state index contributed by atoms with van der Waals surface area (Å²) in [4.78, 5) is 10.8. The fraction of sp³-hybridized carbons (Fsp3) is 0.500. The number of hydrogen-bond donors (Lipinski definition) is 1. The summed E-state index contributed by atoms with van der Waals surface area (Å²) in [7, 11) is -2.32.